The maximum absolute atomic E-state index is 12.6. The van der Waals surface area contributed by atoms with Gasteiger partial charge in [-0.3, -0.25) is 0 Å². The number of rotatable bonds is 8. The summed E-state index contributed by atoms with van der Waals surface area (Å²) in [6.07, 6.45) is 0. The summed E-state index contributed by atoms with van der Waals surface area (Å²) >= 11 is 0. The molecule has 0 fully saturated rings. The largest absolute Gasteiger partial charge is 0.497 e. The second-order valence-corrected chi connectivity index (χ2v) is 7.65. The van der Waals surface area contributed by atoms with Crippen molar-refractivity contribution in [3.63, 3.8) is 0 Å². The lowest BCUT2D eigenvalue weighted by Crippen LogP contribution is -2.28. The zero-order valence-electron chi connectivity index (χ0n) is 15.8. The molecule has 7 heteroatoms. The monoisotopic (exact) mass is 379 g/mol. The Hall–Kier alpha value is -2.25. The minimum absolute atomic E-state index is 0.0299. The fraction of sp³-hybridized carbons (Fsp3) is 0.368. The molecule has 0 unspecified atom stereocenters. The van der Waals surface area contributed by atoms with Crippen molar-refractivity contribution in [3.05, 3.63) is 47.0 Å². The lowest BCUT2D eigenvalue weighted by Gasteiger charge is -2.15. The van der Waals surface area contributed by atoms with Gasteiger partial charge in [0.1, 0.15) is 28.8 Å². The molecule has 0 amide bonds. The maximum atomic E-state index is 12.6. The molecular formula is C19H25NO5S. The first-order valence-electron chi connectivity index (χ1n) is 8.21. The standard InChI is InChI=1S/C19H25NO5S/c1-13-6-7-14(2)19(15(13)3)25-11-10-20-26(21,22)18-12-16(23-4)8-9-17(18)24-5/h6-9,12,20H,10-11H2,1-5H3. The first-order chi connectivity index (χ1) is 12.3. The summed E-state index contributed by atoms with van der Waals surface area (Å²) < 4.78 is 43.7. The van der Waals surface area contributed by atoms with Crippen LogP contribution < -0.4 is 18.9 Å². The fourth-order valence-electron chi connectivity index (χ4n) is 2.55. The summed E-state index contributed by atoms with van der Waals surface area (Å²) in [5.74, 6) is 1.49. The summed E-state index contributed by atoms with van der Waals surface area (Å²) in [7, 11) is -0.851. The second-order valence-electron chi connectivity index (χ2n) is 5.92. The first kappa shape index (κ1) is 20.1. The highest BCUT2D eigenvalue weighted by molar-refractivity contribution is 7.89. The zero-order chi connectivity index (χ0) is 19.3. The molecule has 0 aliphatic carbocycles. The Kier molecular flexibility index (Phi) is 6.50. The van der Waals surface area contributed by atoms with Gasteiger partial charge >= 0.3 is 0 Å². The van der Waals surface area contributed by atoms with Crippen LogP contribution in [0.4, 0.5) is 0 Å². The van der Waals surface area contributed by atoms with Crippen molar-refractivity contribution >= 4 is 10.0 Å². The summed E-state index contributed by atoms with van der Waals surface area (Å²) in [6.45, 7) is 6.32. The van der Waals surface area contributed by atoms with Crippen molar-refractivity contribution in [2.75, 3.05) is 27.4 Å². The van der Waals surface area contributed by atoms with Crippen LogP contribution in [0, 0.1) is 20.8 Å². The summed E-state index contributed by atoms with van der Waals surface area (Å²) in [4.78, 5) is 0.0299. The summed E-state index contributed by atoms with van der Waals surface area (Å²) in [5.41, 5.74) is 3.21. The van der Waals surface area contributed by atoms with Gasteiger partial charge in [0.25, 0.3) is 0 Å². The molecule has 0 aliphatic rings. The van der Waals surface area contributed by atoms with Crippen LogP contribution >= 0.6 is 0 Å². The lowest BCUT2D eigenvalue weighted by atomic mass is 10.1. The van der Waals surface area contributed by atoms with Crippen LogP contribution in [-0.4, -0.2) is 35.8 Å². The smallest absolute Gasteiger partial charge is 0.244 e. The Bertz CT molecular complexity index is 878. The van der Waals surface area contributed by atoms with Crippen LogP contribution in [0.1, 0.15) is 16.7 Å². The predicted molar refractivity (Wildman–Crippen MR) is 101 cm³/mol. The minimum atomic E-state index is -3.75. The van der Waals surface area contributed by atoms with Crippen molar-refractivity contribution in [2.24, 2.45) is 0 Å². The third kappa shape index (κ3) is 4.47. The van der Waals surface area contributed by atoms with Gasteiger partial charge in [0.2, 0.25) is 10.0 Å². The van der Waals surface area contributed by atoms with E-state index in [0.29, 0.717) is 5.75 Å². The van der Waals surface area contributed by atoms with E-state index in [2.05, 4.69) is 4.72 Å². The van der Waals surface area contributed by atoms with E-state index in [1.165, 1.54) is 20.3 Å². The molecule has 0 atom stereocenters. The predicted octanol–water partition coefficient (Wildman–Crippen LogP) is 2.99. The molecule has 0 radical (unpaired) electrons. The van der Waals surface area contributed by atoms with E-state index < -0.39 is 10.0 Å². The molecule has 2 aromatic carbocycles. The first-order valence-corrected chi connectivity index (χ1v) is 9.69. The highest BCUT2D eigenvalue weighted by Crippen LogP contribution is 2.28. The van der Waals surface area contributed by atoms with Gasteiger partial charge in [-0.2, -0.15) is 0 Å². The molecule has 142 valence electrons. The quantitative estimate of drug-likeness (QED) is 0.714. The molecule has 2 rings (SSSR count). The number of ether oxygens (including phenoxy) is 3. The number of benzene rings is 2. The molecule has 0 aromatic heterocycles. The third-order valence-electron chi connectivity index (χ3n) is 4.17. The van der Waals surface area contributed by atoms with Gasteiger partial charge in [-0.1, -0.05) is 12.1 Å². The number of sulfonamides is 1. The molecule has 0 spiro atoms. The molecule has 0 bridgehead atoms. The second kappa shape index (κ2) is 8.42. The number of hydrogen-bond acceptors (Lipinski definition) is 5. The number of methoxy groups -OCH3 is 2. The van der Waals surface area contributed by atoms with E-state index in [1.807, 2.05) is 32.9 Å². The van der Waals surface area contributed by atoms with Gasteiger partial charge in [0.15, 0.2) is 0 Å². The maximum Gasteiger partial charge on any atom is 0.244 e. The Morgan fingerprint density at radius 2 is 1.65 bits per heavy atom. The summed E-state index contributed by atoms with van der Waals surface area (Å²) in [5, 5.41) is 0. The van der Waals surface area contributed by atoms with Crippen molar-refractivity contribution in [1.82, 2.24) is 4.72 Å². The fourth-order valence-corrected chi connectivity index (χ4v) is 3.74. The third-order valence-corrected chi connectivity index (χ3v) is 5.66. The van der Waals surface area contributed by atoms with E-state index in [9.17, 15) is 8.42 Å². The molecular weight excluding hydrogens is 354 g/mol. The highest BCUT2D eigenvalue weighted by Gasteiger charge is 2.20. The van der Waals surface area contributed by atoms with Crippen LogP contribution in [0.3, 0.4) is 0 Å². The van der Waals surface area contributed by atoms with Crippen LogP contribution in [0.15, 0.2) is 35.2 Å². The van der Waals surface area contributed by atoms with Crippen molar-refractivity contribution in [1.29, 1.82) is 0 Å². The van der Waals surface area contributed by atoms with Crippen molar-refractivity contribution in [2.45, 2.75) is 25.7 Å². The Labute approximate surface area is 155 Å². The van der Waals surface area contributed by atoms with Crippen molar-refractivity contribution < 1.29 is 22.6 Å². The summed E-state index contributed by atoms with van der Waals surface area (Å²) in [6, 6.07) is 8.66. The highest BCUT2D eigenvalue weighted by atomic mass is 32.2. The van der Waals surface area contributed by atoms with E-state index in [0.717, 1.165) is 22.4 Å². The Morgan fingerprint density at radius 1 is 0.962 bits per heavy atom. The normalized spacial score (nSPS) is 11.3. The molecule has 0 aliphatic heterocycles. The van der Waals surface area contributed by atoms with E-state index >= 15 is 0 Å². The number of aryl methyl sites for hydroxylation is 2. The van der Waals surface area contributed by atoms with Gasteiger partial charge in [-0.05, 0) is 49.6 Å². The van der Waals surface area contributed by atoms with E-state index in [4.69, 9.17) is 14.2 Å². The van der Waals surface area contributed by atoms with Gasteiger partial charge in [0.05, 0.1) is 14.2 Å². The molecule has 6 nitrogen and oxygen atoms in total. The number of hydrogen-bond donors (Lipinski definition) is 1. The SMILES string of the molecule is COc1ccc(OC)c(S(=O)(=O)NCCOc2c(C)ccc(C)c2C)c1. The van der Waals surface area contributed by atoms with Crippen LogP contribution in [0.5, 0.6) is 17.2 Å². The molecule has 0 heterocycles. The topological polar surface area (TPSA) is 73.9 Å². The lowest BCUT2D eigenvalue weighted by molar-refractivity contribution is 0.318. The average Bonchev–Trinajstić information content (AvgIpc) is 2.63. The molecule has 2 aromatic rings. The van der Waals surface area contributed by atoms with Gasteiger partial charge < -0.3 is 14.2 Å². The van der Waals surface area contributed by atoms with Gasteiger partial charge in [-0.25, -0.2) is 13.1 Å². The molecule has 26 heavy (non-hydrogen) atoms. The van der Waals surface area contributed by atoms with Gasteiger partial charge in [-0.15, -0.1) is 0 Å². The van der Waals surface area contributed by atoms with Gasteiger partial charge in [0, 0.05) is 12.6 Å². The minimum Gasteiger partial charge on any atom is -0.497 e. The van der Waals surface area contributed by atoms with Crippen molar-refractivity contribution in [3.8, 4) is 17.2 Å². The molecule has 1 N–H and O–H groups in total. The number of nitrogens with one attached hydrogen (secondary N) is 1. The molecule has 0 saturated carbocycles. The zero-order valence-corrected chi connectivity index (χ0v) is 16.6. The van der Waals surface area contributed by atoms with Crippen LogP contribution in [-0.2, 0) is 10.0 Å². The Morgan fingerprint density at radius 3 is 2.31 bits per heavy atom. The molecule has 0 saturated heterocycles. The Balaban J connectivity index is 2.07. The van der Waals surface area contributed by atoms with Crippen LogP contribution in [0.25, 0.3) is 0 Å². The van der Waals surface area contributed by atoms with Crippen LogP contribution in [0.2, 0.25) is 0 Å². The average molecular weight is 379 g/mol. The van der Waals surface area contributed by atoms with E-state index in [-0.39, 0.29) is 23.8 Å². The van der Waals surface area contributed by atoms with E-state index in [1.54, 1.807) is 12.1 Å².